The minimum Gasteiger partial charge on any atom is -0.384 e. The van der Waals surface area contributed by atoms with Gasteiger partial charge in [0, 0.05) is 30.2 Å². The second kappa shape index (κ2) is 8.84. The van der Waals surface area contributed by atoms with Crippen molar-refractivity contribution in [1.82, 2.24) is 5.32 Å². The van der Waals surface area contributed by atoms with Crippen molar-refractivity contribution in [2.45, 2.75) is 45.4 Å². The Bertz CT molecular complexity index is 540. The molecule has 0 spiro atoms. The molecule has 1 amide bonds. The van der Waals surface area contributed by atoms with Gasteiger partial charge >= 0.3 is 0 Å². The lowest BCUT2D eigenvalue weighted by Crippen LogP contribution is -2.26. The summed E-state index contributed by atoms with van der Waals surface area (Å²) in [6, 6.07) is 5.76. The highest BCUT2D eigenvalue weighted by molar-refractivity contribution is 6.31. The summed E-state index contributed by atoms with van der Waals surface area (Å²) < 4.78 is 0. The van der Waals surface area contributed by atoms with Crippen LogP contribution in [0.4, 0.5) is 5.69 Å². The summed E-state index contributed by atoms with van der Waals surface area (Å²) in [6.07, 6.45) is 8.81. The van der Waals surface area contributed by atoms with Crippen molar-refractivity contribution in [3.8, 4) is 0 Å². The molecule has 1 aliphatic carbocycles. The molecule has 22 heavy (non-hydrogen) atoms. The number of rotatable bonds is 7. The van der Waals surface area contributed by atoms with E-state index in [1.807, 2.05) is 25.1 Å². The molecule has 0 aromatic heterocycles. The van der Waals surface area contributed by atoms with Crippen LogP contribution < -0.4 is 10.6 Å². The van der Waals surface area contributed by atoms with Gasteiger partial charge in [-0.15, -0.1) is 0 Å². The van der Waals surface area contributed by atoms with Crippen LogP contribution in [0.15, 0.2) is 29.8 Å². The molecule has 0 saturated heterocycles. The van der Waals surface area contributed by atoms with E-state index < -0.39 is 0 Å². The van der Waals surface area contributed by atoms with Crippen molar-refractivity contribution in [3.63, 3.8) is 0 Å². The van der Waals surface area contributed by atoms with Gasteiger partial charge in [0.05, 0.1) is 0 Å². The Hall–Kier alpha value is -1.48. The van der Waals surface area contributed by atoms with Crippen LogP contribution in [0.2, 0.25) is 5.02 Å². The molecule has 0 bridgehead atoms. The molecule has 2 rings (SSSR count). The first kappa shape index (κ1) is 16.9. The maximum absolute atomic E-state index is 11.8. The largest absolute Gasteiger partial charge is 0.384 e. The van der Waals surface area contributed by atoms with Crippen LogP contribution in [0, 0.1) is 6.92 Å². The molecule has 0 aliphatic heterocycles. The first-order valence-electron chi connectivity index (χ1n) is 8.10. The van der Waals surface area contributed by atoms with Gasteiger partial charge in [0.25, 0.3) is 0 Å². The van der Waals surface area contributed by atoms with E-state index >= 15 is 0 Å². The highest BCUT2D eigenvalue weighted by Crippen LogP contribution is 2.22. The lowest BCUT2D eigenvalue weighted by atomic mass is 9.97. The summed E-state index contributed by atoms with van der Waals surface area (Å²) in [5.41, 5.74) is 3.51. The summed E-state index contributed by atoms with van der Waals surface area (Å²) in [4.78, 5) is 11.8. The number of anilines is 1. The fourth-order valence-corrected chi connectivity index (χ4v) is 2.87. The zero-order valence-corrected chi connectivity index (χ0v) is 14.0. The molecule has 3 nitrogen and oxygen atoms in total. The van der Waals surface area contributed by atoms with E-state index in [1.165, 1.54) is 31.3 Å². The predicted octanol–water partition coefficient (Wildman–Crippen LogP) is 4.46. The van der Waals surface area contributed by atoms with Crippen LogP contribution in [0.5, 0.6) is 0 Å². The Morgan fingerprint density at radius 3 is 2.91 bits per heavy atom. The minimum absolute atomic E-state index is 0.101. The Morgan fingerprint density at radius 2 is 2.14 bits per heavy atom. The van der Waals surface area contributed by atoms with Gasteiger partial charge in [0.1, 0.15) is 0 Å². The van der Waals surface area contributed by atoms with E-state index in [4.69, 9.17) is 11.6 Å². The number of hydrogen-bond acceptors (Lipinski definition) is 2. The Kier molecular flexibility index (Phi) is 6.78. The van der Waals surface area contributed by atoms with Crippen molar-refractivity contribution in [3.05, 3.63) is 40.4 Å². The molecular weight excluding hydrogens is 296 g/mol. The van der Waals surface area contributed by atoms with Gasteiger partial charge in [-0.05, 0) is 56.7 Å². The molecule has 120 valence electrons. The summed E-state index contributed by atoms with van der Waals surface area (Å²) in [6.45, 7) is 3.35. The summed E-state index contributed by atoms with van der Waals surface area (Å²) in [5.74, 6) is 0.101. The van der Waals surface area contributed by atoms with Crippen LogP contribution in [0.3, 0.4) is 0 Å². The van der Waals surface area contributed by atoms with E-state index in [0.717, 1.165) is 29.2 Å². The van der Waals surface area contributed by atoms with Crippen molar-refractivity contribution >= 4 is 23.2 Å². The van der Waals surface area contributed by atoms with E-state index in [2.05, 4.69) is 16.7 Å². The summed E-state index contributed by atoms with van der Waals surface area (Å²) in [7, 11) is 0. The van der Waals surface area contributed by atoms with Crippen LogP contribution in [0.25, 0.3) is 0 Å². The molecule has 0 fully saturated rings. The number of hydrogen-bond donors (Lipinski definition) is 2. The van der Waals surface area contributed by atoms with E-state index in [0.29, 0.717) is 13.0 Å². The number of halogens is 1. The molecule has 0 saturated carbocycles. The minimum atomic E-state index is 0.101. The number of carbonyl (C=O) groups excluding carboxylic acids is 1. The standard InChI is InChI=1S/C18H25ClN2O/c1-14-16(19)8-5-9-17(14)20-13-11-18(22)21-12-10-15-6-3-2-4-7-15/h5-6,8-9,20H,2-4,7,10-13H2,1H3,(H,21,22). The molecule has 1 aromatic rings. The molecule has 1 aromatic carbocycles. The van der Waals surface area contributed by atoms with Gasteiger partial charge in [0.2, 0.25) is 5.91 Å². The van der Waals surface area contributed by atoms with Crippen molar-refractivity contribution in [2.24, 2.45) is 0 Å². The molecule has 0 heterocycles. The monoisotopic (exact) mass is 320 g/mol. The van der Waals surface area contributed by atoms with Crippen molar-refractivity contribution in [2.75, 3.05) is 18.4 Å². The van der Waals surface area contributed by atoms with E-state index in [-0.39, 0.29) is 5.91 Å². The summed E-state index contributed by atoms with van der Waals surface area (Å²) in [5, 5.41) is 7.01. The van der Waals surface area contributed by atoms with Gasteiger partial charge < -0.3 is 10.6 Å². The van der Waals surface area contributed by atoms with Crippen LogP contribution >= 0.6 is 11.6 Å². The maximum atomic E-state index is 11.8. The molecule has 1 aliphatic rings. The van der Waals surface area contributed by atoms with Crippen LogP contribution in [-0.2, 0) is 4.79 Å². The quantitative estimate of drug-likeness (QED) is 0.728. The maximum Gasteiger partial charge on any atom is 0.221 e. The number of carbonyl (C=O) groups is 1. The molecule has 4 heteroatoms. The summed E-state index contributed by atoms with van der Waals surface area (Å²) >= 11 is 6.07. The zero-order valence-electron chi connectivity index (χ0n) is 13.3. The normalized spacial score (nSPS) is 14.4. The van der Waals surface area contributed by atoms with E-state index in [9.17, 15) is 4.79 Å². The van der Waals surface area contributed by atoms with Gasteiger partial charge in [0.15, 0.2) is 0 Å². The topological polar surface area (TPSA) is 41.1 Å². The Morgan fingerprint density at radius 1 is 1.27 bits per heavy atom. The number of amides is 1. The third kappa shape index (κ3) is 5.38. The van der Waals surface area contributed by atoms with Gasteiger partial charge in [-0.2, -0.15) is 0 Å². The lowest BCUT2D eigenvalue weighted by Gasteiger charge is -2.13. The lowest BCUT2D eigenvalue weighted by molar-refractivity contribution is -0.120. The molecule has 0 unspecified atom stereocenters. The predicted molar refractivity (Wildman–Crippen MR) is 93.5 cm³/mol. The Balaban J connectivity index is 1.63. The second-order valence-electron chi connectivity index (χ2n) is 5.80. The van der Waals surface area contributed by atoms with Crippen LogP contribution in [0.1, 0.15) is 44.1 Å². The third-order valence-corrected chi connectivity index (χ3v) is 4.50. The molecule has 0 radical (unpaired) electrons. The average Bonchev–Trinajstić information content (AvgIpc) is 2.52. The van der Waals surface area contributed by atoms with Crippen LogP contribution in [-0.4, -0.2) is 19.0 Å². The number of nitrogens with one attached hydrogen (secondary N) is 2. The van der Waals surface area contributed by atoms with Gasteiger partial charge in [-0.25, -0.2) is 0 Å². The number of allylic oxidation sites excluding steroid dienone is 1. The Labute approximate surface area is 138 Å². The third-order valence-electron chi connectivity index (χ3n) is 4.09. The smallest absolute Gasteiger partial charge is 0.221 e. The molecule has 0 atom stereocenters. The van der Waals surface area contributed by atoms with Gasteiger partial charge in [-0.1, -0.05) is 29.3 Å². The van der Waals surface area contributed by atoms with Crippen molar-refractivity contribution in [1.29, 1.82) is 0 Å². The van der Waals surface area contributed by atoms with E-state index in [1.54, 1.807) is 0 Å². The molecular formula is C18H25ClN2O. The highest BCUT2D eigenvalue weighted by Gasteiger charge is 2.06. The fraction of sp³-hybridized carbons (Fsp3) is 0.500. The second-order valence-corrected chi connectivity index (χ2v) is 6.20. The average molecular weight is 321 g/mol. The highest BCUT2D eigenvalue weighted by atomic mass is 35.5. The van der Waals surface area contributed by atoms with Crippen molar-refractivity contribution < 1.29 is 4.79 Å². The molecule has 2 N–H and O–H groups in total. The number of benzene rings is 1. The van der Waals surface area contributed by atoms with Gasteiger partial charge in [-0.3, -0.25) is 4.79 Å². The SMILES string of the molecule is Cc1c(Cl)cccc1NCCC(=O)NCCC1=CCCCC1. The fourth-order valence-electron chi connectivity index (χ4n) is 2.69. The zero-order chi connectivity index (χ0) is 15.8. The first-order valence-corrected chi connectivity index (χ1v) is 8.48. The first-order chi connectivity index (χ1) is 10.7.